The smallest absolute Gasteiger partial charge is 0.251 e. The number of aromatic nitrogens is 3. The molecule has 2 aromatic heterocycles. The van der Waals surface area contributed by atoms with Gasteiger partial charge in [0.2, 0.25) is 5.91 Å². The molecule has 0 unspecified atom stereocenters. The molecule has 0 spiro atoms. The zero-order chi connectivity index (χ0) is 19.6. The Labute approximate surface area is 157 Å². The summed E-state index contributed by atoms with van der Waals surface area (Å²) in [6.45, 7) is 7.81. The van der Waals surface area contributed by atoms with Gasteiger partial charge >= 0.3 is 0 Å². The number of carbonyl (C=O) groups excluding carboxylic acids is 2. The molecule has 3 rings (SSSR count). The number of rotatable bonds is 5. The molecule has 2 N–H and O–H groups in total. The summed E-state index contributed by atoms with van der Waals surface area (Å²) in [5.41, 5.74) is 3.89. The first-order valence-electron chi connectivity index (χ1n) is 8.83. The predicted molar refractivity (Wildman–Crippen MR) is 105 cm³/mol. The van der Waals surface area contributed by atoms with Crippen molar-refractivity contribution in [2.45, 2.75) is 33.7 Å². The molecule has 0 saturated carbocycles. The van der Waals surface area contributed by atoms with Crippen LogP contribution in [0.15, 0.2) is 36.7 Å². The fraction of sp³-hybridized carbons (Fsp3) is 0.300. The van der Waals surface area contributed by atoms with E-state index in [0.717, 1.165) is 22.2 Å². The summed E-state index contributed by atoms with van der Waals surface area (Å²) in [7, 11) is 0. The van der Waals surface area contributed by atoms with Crippen molar-refractivity contribution in [3.63, 3.8) is 0 Å². The highest BCUT2D eigenvalue weighted by Gasteiger charge is 2.11. The standard InChI is InChI=1S/C20H23N5O2/c1-12(2)25-19-16(9-23-25)8-17(10-21-19)24-18(26)11-22-20(27)15-6-13(3)5-14(4)7-15/h5-10,12H,11H2,1-4H3,(H,22,27)(H,24,26). The van der Waals surface area contributed by atoms with Crippen molar-refractivity contribution in [1.29, 1.82) is 0 Å². The van der Waals surface area contributed by atoms with E-state index in [4.69, 9.17) is 0 Å². The van der Waals surface area contributed by atoms with Crippen LogP contribution >= 0.6 is 0 Å². The van der Waals surface area contributed by atoms with Gasteiger partial charge in [0.15, 0.2) is 5.65 Å². The van der Waals surface area contributed by atoms with Gasteiger partial charge in [0.05, 0.1) is 24.6 Å². The third kappa shape index (κ3) is 4.31. The summed E-state index contributed by atoms with van der Waals surface area (Å²) in [5, 5.41) is 10.5. The number of aryl methyl sites for hydroxylation is 2. The number of amides is 2. The first kappa shape index (κ1) is 18.6. The van der Waals surface area contributed by atoms with Gasteiger partial charge in [-0.05, 0) is 45.9 Å². The molecule has 7 heteroatoms. The Kier molecular flexibility index (Phi) is 5.21. The fourth-order valence-corrected chi connectivity index (χ4v) is 2.96. The SMILES string of the molecule is Cc1cc(C)cc(C(=O)NCC(=O)Nc2cnc3c(cnn3C(C)C)c2)c1. The Bertz CT molecular complexity index is 987. The molecular formula is C20H23N5O2. The van der Waals surface area contributed by atoms with Gasteiger partial charge in [-0.25, -0.2) is 9.67 Å². The van der Waals surface area contributed by atoms with Crippen molar-refractivity contribution < 1.29 is 9.59 Å². The van der Waals surface area contributed by atoms with Crippen LogP contribution < -0.4 is 10.6 Å². The molecule has 7 nitrogen and oxygen atoms in total. The number of hydrogen-bond donors (Lipinski definition) is 2. The lowest BCUT2D eigenvalue weighted by Crippen LogP contribution is -2.32. The van der Waals surface area contributed by atoms with Crippen molar-refractivity contribution in [2.75, 3.05) is 11.9 Å². The topological polar surface area (TPSA) is 88.9 Å². The number of nitrogens with zero attached hydrogens (tertiary/aromatic N) is 3. The number of carbonyl (C=O) groups is 2. The maximum atomic E-state index is 12.2. The highest BCUT2D eigenvalue weighted by atomic mass is 16.2. The lowest BCUT2D eigenvalue weighted by Gasteiger charge is -2.09. The van der Waals surface area contributed by atoms with E-state index < -0.39 is 0 Å². The lowest BCUT2D eigenvalue weighted by atomic mass is 10.1. The molecule has 1 aromatic carbocycles. The van der Waals surface area contributed by atoms with Crippen LogP contribution in [-0.4, -0.2) is 33.1 Å². The summed E-state index contributed by atoms with van der Waals surface area (Å²) in [5.74, 6) is -0.589. The van der Waals surface area contributed by atoms with E-state index in [1.165, 1.54) is 0 Å². The summed E-state index contributed by atoms with van der Waals surface area (Å²) < 4.78 is 1.82. The number of anilines is 1. The van der Waals surface area contributed by atoms with Gasteiger partial charge in [0.1, 0.15) is 0 Å². The average molecular weight is 365 g/mol. The Balaban J connectivity index is 1.62. The molecule has 0 aliphatic rings. The van der Waals surface area contributed by atoms with Gasteiger partial charge in [-0.1, -0.05) is 17.2 Å². The summed E-state index contributed by atoms with van der Waals surface area (Å²) in [6.07, 6.45) is 3.31. The molecule has 27 heavy (non-hydrogen) atoms. The average Bonchev–Trinajstić information content (AvgIpc) is 3.02. The number of pyridine rings is 1. The zero-order valence-electron chi connectivity index (χ0n) is 15.9. The van der Waals surface area contributed by atoms with Gasteiger partial charge in [0.25, 0.3) is 5.91 Å². The van der Waals surface area contributed by atoms with Crippen molar-refractivity contribution in [1.82, 2.24) is 20.1 Å². The minimum Gasteiger partial charge on any atom is -0.343 e. The maximum absolute atomic E-state index is 12.2. The molecule has 0 aliphatic carbocycles. The van der Waals surface area contributed by atoms with E-state index in [1.807, 2.05) is 44.5 Å². The summed E-state index contributed by atoms with van der Waals surface area (Å²) in [4.78, 5) is 28.8. The largest absolute Gasteiger partial charge is 0.343 e. The number of nitrogens with one attached hydrogen (secondary N) is 2. The van der Waals surface area contributed by atoms with Crippen molar-refractivity contribution in [3.8, 4) is 0 Å². The first-order chi connectivity index (χ1) is 12.8. The molecule has 0 saturated heterocycles. The third-order valence-electron chi connectivity index (χ3n) is 4.10. The van der Waals surface area contributed by atoms with Crippen LogP contribution in [-0.2, 0) is 4.79 Å². The van der Waals surface area contributed by atoms with Crippen molar-refractivity contribution in [3.05, 3.63) is 53.3 Å². The minimum absolute atomic E-state index is 0.116. The van der Waals surface area contributed by atoms with Gasteiger partial charge in [-0.15, -0.1) is 0 Å². The van der Waals surface area contributed by atoms with E-state index in [9.17, 15) is 9.59 Å². The zero-order valence-corrected chi connectivity index (χ0v) is 15.9. The van der Waals surface area contributed by atoms with E-state index in [1.54, 1.807) is 24.5 Å². The molecular weight excluding hydrogens is 342 g/mol. The van der Waals surface area contributed by atoms with Crippen LogP contribution in [0.2, 0.25) is 0 Å². The molecule has 0 aliphatic heterocycles. The Morgan fingerprint density at radius 1 is 1.07 bits per heavy atom. The summed E-state index contributed by atoms with van der Waals surface area (Å²) >= 11 is 0. The molecule has 3 aromatic rings. The van der Waals surface area contributed by atoms with Crippen molar-refractivity contribution in [2.24, 2.45) is 0 Å². The van der Waals surface area contributed by atoms with E-state index in [-0.39, 0.29) is 24.4 Å². The van der Waals surface area contributed by atoms with Crippen LogP contribution in [0.4, 0.5) is 5.69 Å². The molecule has 2 amide bonds. The summed E-state index contributed by atoms with van der Waals surface area (Å²) in [6, 6.07) is 7.61. The fourth-order valence-electron chi connectivity index (χ4n) is 2.96. The molecule has 0 atom stereocenters. The van der Waals surface area contributed by atoms with Crippen LogP contribution in [0.25, 0.3) is 11.0 Å². The highest BCUT2D eigenvalue weighted by Crippen LogP contribution is 2.19. The second-order valence-electron chi connectivity index (χ2n) is 6.93. The minimum atomic E-state index is -0.315. The quantitative estimate of drug-likeness (QED) is 0.727. The monoisotopic (exact) mass is 365 g/mol. The van der Waals surface area contributed by atoms with Gasteiger partial charge in [0, 0.05) is 17.0 Å². The van der Waals surface area contributed by atoms with Gasteiger partial charge < -0.3 is 10.6 Å². The predicted octanol–water partition coefficient (Wildman–Crippen LogP) is 3.00. The van der Waals surface area contributed by atoms with Gasteiger partial charge in [-0.3, -0.25) is 9.59 Å². The Morgan fingerprint density at radius 2 is 1.78 bits per heavy atom. The molecule has 0 fully saturated rings. The van der Waals surface area contributed by atoms with Crippen LogP contribution in [0.1, 0.15) is 41.4 Å². The normalized spacial score (nSPS) is 11.0. The van der Waals surface area contributed by atoms with Crippen LogP contribution in [0.5, 0.6) is 0 Å². The van der Waals surface area contributed by atoms with E-state index in [2.05, 4.69) is 20.7 Å². The molecule has 2 heterocycles. The Morgan fingerprint density at radius 3 is 2.44 bits per heavy atom. The number of hydrogen-bond acceptors (Lipinski definition) is 4. The second-order valence-corrected chi connectivity index (χ2v) is 6.93. The van der Waals surface area contributed by atoms with E-state index in [0.29, 0.717) is 11.3 Å². The van der Waals surface area contributed by atoms with Gasteiger partial charge in [-0.2, -0.15) is 5.10 Å². The van der Waals surface area contributed by atoms with Crippen molar-refractivity contribution >= 4 is 28.5 Å². The van der Waals surface area contributed by atoms with Crippen LogP contribution in [0, 0.1) is 13.8 Å². The second kappa shape index (κ2) is 7.57. The maximum Gasteiger partial charge on any atom is 0.251 e. The molecule has 140 valence electrons. The van der Waals surface area contributed by atoms with E-state index >= 15 is 0 Å². The molecule has 0 radical (unpaired) electrons. The molecule has 0 bridgehead atoms. The first-order valence-corrected chi connectivity index (χ1v) is 8.83. The lowest BCUT2D eigenvalue weighted by molar-refractivity contribution is -0.115. The third-order valence-corrected chi connectivity index (χ3v) is 4.10. The number of fused-ring (bicyclic) bond motifs is 1. The number of benzene rings is 1. The van der Waals surface area contributed by atoms with Crippen LogP contribution in [0.3, 0.4) is 0 Å². The highest BCUT2D eigenvalue weighted by molar-refractivity contribution is 6.00. The Hall–Kier alpha value is -3.22.